The minimum Gasteiger partial charge on any atom is -0.490 e. The molecular formula is C15H15BrO3S. The predicted molar refractivity (Wildman–Crippen MR) is 82.7 cm³/mol. The summed E-state index contributed by atoms with van der Waals surface area (Å²) in [5, 5.41) is 12.4. The number of ether oxygens (including phenoxy) is 2. The monoisotopic (exact) mass is 354 g/mol. The summed E-state index contributed by atoms with van der Waals surface area (Å²) in [5.74, 6) is 1.49. The van der Waals surface area contributed by atoms with E-state index in [0.717, 1.165) is 32.8 Å². The number of aliphatic hydroxyl groups is 1. The molecule has 1 aliphatic rings. The first-order valence-corrected chi connectivity index (χ1v) is 8.20. The molecule has 1 aliphatic heterocycles. The van der Waals surface area contributed by atoms with Gasteiger partial charge >= 0.3 is 0 Å². The molecule has 1 aromatic heterocycles. The molecule has 3 rings (SSSR count). The fourth-order valence-electron chi connectivity index (χ4n) is 2.16. The number of fused-ring (bicyclic) bond motifs is 1. The van der Waals surface area contributed by atoms with Crippen molar-refractivity contribution >= 4 is 27.3 Å². The summed E-state index contributed by atoms with van der Waals surface area (Å²) >= 11 is 5.07. The van der Waals surface area contributed by atoms with E-state index in [1.54, 1.807) is 11.3 Å². The Morgan fingerprint density at radius 1 is 1.20 bits per heavy atom. The number of thiophene rings is 1. The van der Waals surface area contributed by atoms with Gasteiger partial charge in [0, 0.05) is 27.6 Å². The van der Waals surface area contributed by atoms with Crippen LogP contribution in [0.3, 0.4) is 0 Å². The van der Waals surface area contributed by atoms with Crippen LogP contribution in [-0.2, 0) is 6.42 Å². The number of rotatable bonds is 3. The molecule has 0 radical (unpaired) electrons. The predicted octanol–water partition coefficient (Wildman–Crippen LogP) is 3.95. The van der Waals surface area contributed by atoms with Gasteiger partial charge in [-0.3, -0.25) is 0 Å². The van der Waals surface area contributed by atoms with Crippen molar-refractivity contribution in [1.82, 2.24) is 0 Å². The third-order valence-corrected chi connectivity index (χ3v) is 4.89. The van der Waals surface area contributed by atoms with Crippen molar-refractivity contribution in [3.05, 3.63) is 44.6 Å². The van der Waals surface area contributed by atoms with Crippen molar-refractivity contribution in [1.29, 1.82) is 0 Å². The molecule has 0 amide bonds. The van der Waals surface area contributed by atoms with Crippen LogP contribution in [0.15, 0.2) is 34.1 Å². The fraction of sp³-hybridized carbons (Fsp3) is 0.333. The third-order valence-electron chi connectivity index (χ3n) is 3.17. The number of hydrogen-bond donors (Lipinski definition) is 1. The second-order valence-electron chi connectivity index (χ2n) is 4.71. The zero-order valence-electron chi connectivity index (χ0n) is 10.8. The Balaban J connectivity index is 1.77. The van der Waals surface area contributed by atoms with Crippen LogP contribution in [0, 0.1) is 0 Å². The Labute approximate surface area is 130 Å². The van der Waals surface area contributed by atoms with Crippen LogP contribution in [0.5, 0.6) is 11.5 Å². The highest BCUT2D eigenvalue weighted by Crippen LogP contribution is 2.33. The topological polar surface area (TPSA) is 38.7 Å². The standard InChI is InChI=1S/C15H15BrO3S/c16-11-7-12(20-9-11)8-13(17)10-2-3-14-15(6-10)19-5-1-4-18-14/h2-3,6-7,9,13,17H,1,4-5,8H2. The van der Waals surface area contributed by atoms with Gasteiger partial charge in [0.15, 0.2) is 11.5 Å². The van der Waals surface area contributed by atoms with Crippen molar-refractivity contribution < 1.29 is 14.6 Å². The van der Waals surface area contributed by atoms with Crippen molar-refractivity contribution in [2.75, 3.05) is 13.2 Å². The molecule has 0 saturated carbocycles. The minimum absolute atomic E-state index is 0.530. The van der Waals surface area contributed by atoms with Crippen LogP contribution in [0.4, 0.5) is 0 Å². The molecule has 2 aromatic rings. The zero-order chi connectivity index (χ0) is 13.9. The van der Waals surface area contributed by atoms with Crippen molar-refractivity contribution in [2.24, 2.45) is 0 Å². The molecule has 1 aromatic carbocycles. The molecule has 106 valence electrons. The molecule has 2 heterocycles. The Morgan fingerprint density at radius 3 is 2.75 bits per heavy atom. The smallest absolute Gasteiger partial charge is 0.161 e. The second kappa shape index (κ2) is 6.16. The summed E-state index contributed by atoms with van der Waals surface area (Å²) in [6.07, 6.45) is 0.962. The quantitative estimate of drug-likeness (QED) is 0.906. The van der Waals surface area contributed by atoms with Gasteiger partial charge in [0.25, 0.3) is 0 Å². The second-order valence-corrected chi connectivity index (χ2v) is 6.62. The summed E-state index contributed by atoms with van der Waals surface area (Å²) < 4.78 is 12.3. The molecule has 0 aliphatic carbocycles. The first kappa shape index (κ1) is 13.9. The lowest BCUT2D eigenvalue weighted by Gasteiger charge is -2.13. The average Bonchev–Trinajstić information content (AvgIpc) is 2.72. The van der Waals surface area contributed by atoms with Crippen molar-refractivity contribution in [3.63, 3.8) is 0 Å². The molecule has 1 N–H and O–H groups in total. The van der Waals surface area contributed by atoms with Gasteiger partial charge in [0.1, 0.15) is 0 Å². The molecule has 0 bridgehead atoms. The maximum absolute atomic E-state index is 10.4. The maximum atomic E-state index is 10.4. The first-order chi connectivity index (χ1) is 9.72. The number of aliphatic hydroxyl groups excluding tert-OH is 1. The molecule has 0 fully saturated rings. The lowest BCUT2D eigenvalue weighted by atomic mass is 10.1. The van der Waals surface area contributed by atoms with Crippen LogP contribution in [0.2, 0.25) is 0 Å². The SMILES string of the molecule is OC(Cc1cc(Br)cs1)c1ccc2c(c1)OCCCO2. The minimum atomic E-state index is -0.530. The molecule has 1 unspecified atom stereocenters. The number of benzene rings is 1. The molecule has 0 spiro atoms. The number of halogens is 1. The van der Waals surface area contributed by atoms with Gasteiger partial charge in [-0.05, 0) is 39.7 Å². The van der Waals surface area contributed by atoms with Gasteiger partial charge in [0.05, 0.1) is 19.3 Å². The lowest BCUT2D eigenvalue weighted by molar-refractivity contribution is 0.178. The van der Waals surface area contributed by atoms with E-state index in [1.165, 1.54) is 0 Å². The molecule has 1 atom stereocenters. The Hall–Kier alpha value is -1.04. The van der Waals surface area contributed by atoms with Gasteiger partial charge in [-0.2, -0.15) is 0 Å². The Kier molecular flexibility index (Phi) is 4.29. The van der Waals surface area contributed by atoms with Gasteiger partial charge in [-0.25, -0.2) is 0 Å². The van der Waals surface area contributed by atoms with E-state index in [1.807, 2.05) is 29.6 Å². The Bertz CT molecular complexity index is 597. The molecular weight excluding hydrogens is 340 g/mol. The van der Waals surface area contributed by atoms with E-state index in [4.69, 9.17) is 9.47 Å². The lowest BCUT2D eigenvalue weighted by Crippen LogP contribution is -2.01. The van der Waals surface area contributed by atoms with Crippen LogP contribution < -0.4 is 9.47 Å². The third kappa shape index (κ3) is 3.16. The van der Waals surface area contributed by atoms with Crippen LogP contribution in [0.25, 0.3) is 0 Å². The van der Waals surface area contributed by atoms with E-state index >= 15 is 0 Å². The first-order valence-electron chi connectivity index (χ1n) is 6.53. The van der Waals surface area contributed by atoms with Crippen molar-refractivity contribution in [3.8, 4) is 11.5 Å². The highest BCUT2D eigenvalue weighted by molar-refractivity contribution is 9.10. The summed E-state index contributed by atoms with van der Waals surface area (Å²) in [7, 11) is 0. The van der Waals surface area contributed by atoms with Crippen LogP contribution in [0.1, 0.15) is 23.0 Å². The van der Waals surface area contributed by atoms with Gasteiger partial charge in [-0.15, -0.1) is 11.3 Å². The van der Waals surface area contributed by atoms with Gasteiger partial charge < -0.3 is 14.6 Å². The fourth-order valence-corrected chi connectivity index (χ4v) is 3.65. The maximum Gasteiger partial charge on any atom is 0.161 e. The van der Waals surface area contributed by atoms with E-state index in [2.05, 4.69) is 15.9 Å². The van der Waals surface area contributed by atoms with Crippen molar-refractivity contribution in [2.45, 2.75) is 18.9 Å². The summed E-state index contributed by atoms with van der Waals surface area (Å²) in [6, 6.07) is 7.70. The number of hydrogen-bond acceptors (Lipinski definition) is 4. The molecule has 3 nitrogen and oxygen atoms in total. The van der Waals surface area contributed by atoms with E-state index < -0.39 is 6.10 Å². The van der Waals surface area contributed by atoms with E-state index in [-0.39, 0.29) is 0 Å². The molecule has 0 saturated heterocycles. The highest BCUT2D eigenvalue weighted by atomic mass is 79.9. The highest BCUT2D eigenvalue weighted by Gasteiger charge is 2.15. The van der Waals surface area contributed by atoms with Gasteiger partial charge in [0.2, 0.25) is 0 Å². The van der Waals surface area contributed by atoms with Gasteiger partial charge in [-0.1, -0.05) is 6.07 Å². The van der Waals surface area contributed by atoms with Crippen LogP contribution >= 0.6 is 27.3 Å². The molecule has 20 heavy (non-hydrogen) atoms. The van der Waals surface area contributed by atoms with Crippen LogP contribution in [-0.4, -0.2) is 18.3 Å². The Morgan fingerprint density at radius 2 is 2.00 bits per heavy atom. The normalized spacial score (nSPS) is 15.7. The summed E-state index contributed by atoms with van der Waals surface area (Å²) in [6.45, 7) is 1.34. The average molecular weight is 355 g/mol. The van der Waals surface area contributed by atoms with E-state index in [9.17, 15) is 5.11 Å². The molecule has 5 heteroatoms. The van der Waals surface area contributed by atoms with E-state index in [0.29, 0.717) is 19.6 Å². The summed E-state index contributed by atoms with van der Waals surface area (Å²) in [5.41, 5.74) is 0.860. The summed E-state index contributed by atoms with van der Waals surface area (Å²) in [4.78, 5) is 1.15. The largest absolute Gasteiger partial charge is 0.490 e. The zero-order valence-corrected chi connectivity index (χ0v) is 13.2.